The number of carbonyl (C=O) groups excluding carboxylic acids is 2. The molecule has 5 heteroatoms. The molecule has 0 spiro atoms. The smallest absolute Gasteiger partial charge is 0.261 e. The van der Waals surface area contributed by atoms with Crippen molar-refractivity contribution in [3.63, 3.8) is 0 Å². The van der Waals surface area contributed by atoms with Crippen LogP contribution in [0.25, 0.3) is 0 Å². The maximum atomic E-state index is 13.7. The number of anilines is 1. The third-order valence-corrected chi connectivity index (χ3v) is 5.93. The van der Waals surface area contributed by atoms with Crippen molar-refractivity contribution in [1.29, 1.82) is 0 Å². The summed E-state index contributed by atoms with van der Waals surface area (Å²) in [6.07, 6.45) is 4.04. The second kappa shape index (κ2) is 6.59. The van der Waals surface area contributed by atoms with Crippen LogP contribution in [0.5, 0.6) is 0 Å². The van der Waals surface area contributed by atoms with Crippen molar-refractivity contribution in [3.05, 3.63) is 76.6 Å². The second-order valence-electron chi connectivity index (χ2n) is 7.84. The van der Waals surface area contributed by atoms with E-state index in [1.165, 1.54) is 24.0 Å². The topological polar surface area (TPSA) is 40.6 Å². The van der Waals surface area contributed by atoms with Crippen LogP contribution in [0, 0.1) is 0 Å². The molecule has 0 atom stereocenters. The quantitative estimate of drug-likeness (QED) is 0.739. The van der Waals surface area contributed by atoms with Crippen molar-refractivity contribution in [2.45, 2.75) is 25.2 Å². The van der Waals surface area contributed by atoms with Crippen LogP contribution in [0.15, 0.2) is 54.4 Å². The average Bonchev–Trinajstić information content (AvgIpc) is 3.47. The van der Waals surface area contributed by atoms with Crippen LogP contribution >= 0.6 is 0 Å². The Morgan fingerprint density at radius 3 is 2.39 bits per heavy atom. The zero-order chi connectivity index (χ0) is 19.3. The minimum Gasteiger partial charge on any atom is -0.367 e. The highest BCUT2D eigenvalue weighted by Crippen LogP contribution is 2.42. The van der Waals surface area contributed by atoms with Gasteiger partial charge in [0.25, 0.3) is 11.8 Å². The number of hydrogen-bond acceptors (Lipinski definition) is 3. The average molecular weight is 376 g/mol. The first-order chi connectivity index (χ1) is 13.7. The van der Waals surface area contributed by atoms with Gasteiger partial charge in [-0.25, -0.2) is 4.39 Å². The van der Waals surface area contributed by atoms with Gasteiger partial charge in [0.1, 0.15) is 0 Å². The fourth-order valence-corrected chi connectivity index (χ4v) is 4.27. The summed E-state index contributed by atoms with van der Waals surface area (Å²) in [7, 11) is 0. The lowest BCUT2D eigenvalue weighted by Crippen LogP contribution is -2.35. The summed E-state index contributed by atoms with van der Waals surface area (Å²) in [5, 5.41) is 0. The Bertz CT molecular complexity index is 974. The van der Waals surface area contributed by atoms with Gasteiger partial charge >= 0.3 is 0 Å². The van der Waals surface area contributed by atoms with Gasteiger partial charge in [0.15, 0.2) is 0 Å². The summed E-state index contributed by atoms with van der Waals surface area (Å²) < 4.78 is 13.7. The van der Waals surface area contributed by atoms with Crippen LogP contribution in [0.2, 0.25) is 0 Å². The Kier molecular flexibility index (Phi) is 4.04. The molecule has 5 rings (SSSR count). The highest BCUT2D eigenvalue weighted by atomic mass is 19.1. The number of nitrogens with zero attached hydrogens (tertiary/aromatic N) is 2. The first-order valence-electron chi connectivity index (χ1n) is 9.77. The predicted molar refractivity (Wildman–Crippen MR) is 105 cm³/mol. The Hall–Kier alpha value is -2.95. The number of amides is 2. The Labute approximate surface area is 163 Å². The lowest BCUT2D eigenvalue weighted by Gasteiger charge is -2.23. The van der Waals surface area contributed by atoms with Gasteiger partial charge in [-0.05, 0) is 60.1 Å². The molecule has 28 heavy (non-hydrogen) atoms. The summed E-state index contributed by atoms with van der Waals surface area (Å²) in [6.45, 7) is 1.18. The van der Waals surface area contributed by atoms with Crippen molar-refractivity contribution in [1.82, 2.24) is 4.90 Å². The van der Waals surface area contributed by atoms with Crippen molar-refractivity contribution in [2.24, 2.45) is 0 Å². The van der Waals surface area contributed by atoms with E-state index in [-0.39, 0.29) is 18.4 Å². The van der Waals surface area contributed by atoms with Crippen LogP contribution in [-0.2, 0) is 6.42 Å². The summed E-state index contributed by atoms with van der Waals surface area (Å²) in [5.41, 5.74) is 5.06. The molecule has 2 aromatic carbocycles. The fourth-order valence-electron chi connectivity index (χ4n) is 4.27. The highest BCUT2D eigenvalue weighted by molar-refractivity contribution is 6.21. The number of hydrogen-bond donors (Lipinski definition) is 0. The molecule has 2 amide bonds. The summed E-state index contributed by atoms with van der Waals surface area (Å²) >= 11 is 0. The zero-order valence-electron chi connectivity index (χ0n) is 15.5. The van der Waals surface area contributed by atoms with E-state index >= 15 is 0 Å². The lowest BCUT2D eigenvalue weighted by atomic mass is 10.1. The van der Waals surface area contributed by atoms with E-state index < -0.39 is 0 Å². The van der Waals surface area contributed by atoms with Gasteiger partial charge in [0, 0.05) is 18.8 Å². The summed E-state index contributed by atoms with van der Waals surface area (Å²) in [5.74, 6) is 0.0150. The summed E-state index contributed by atoms with van der Waals surface area (Å²) in [6, 6.07) is 13.3. The number of carbonyl (C=O) groups is 2. The van der Waals surface area contributed by atoms with Gasteiger partial charge in [-0.3, -0.25) is 14.5 Å². The highest BCUT2D eigenvalue weighted by Gasteiger charge is 2.36. The van der Waals surface area contributed by atoms with Gasteiger partial charge in [0.05, 0.1) is 24.0 Å². The van der Waals surface area contributed by atoms with Gasteiger partial charge in [0.2, 0.25) is 0 Å². The molecule has 0 radical (unpaired) electrons. The molecule has 2 aliphatic heterocycles. The monoisotopic (exact) mass is 376 g/mol. The normalized spacial score (nSPS) is 18.7. The molecule has 2 aromatic rings. The zero-order valence-corrected chi connectivity index (χ0v) is 15.5. The first-order valence-corrected chi connectivity index (χ1v) is 9.77. The van der Waals surface area contributed by atoms with E-state index in [4.69, 9.17) is 0 Å². The molecule has 1 saturated carbocycles. The molecule has 142 valence electrons. The molecule has 0 bridgehead atoms. The van der Waals surface area contributed by atoms with Crippen LogP contribution in [-0.4, -0.2) is 36.3 Å². The molecule has 0 aromatic heterocycles. The number of fused-ring (bicyclic) bond motifs is 2. The van der Waals surface area contributed by atoms with E-state index in [0.29, 0.717) is 29.6 Å². The van der Waals surface area contributed by atoms with E-state index in [1.807, 2.05) is 0 Å². The largest absolute Gasteiger partial charge is 0.367 e. The van der Waals surface area contributed by atoms with E-state index in [2.05, 4.69) is 23.1 Å². The standard InChI is InChI=1S/C23H21FN2O2/c24-12-15(14-26-22(27)19-3-1-2-4-20(19)23(26)28)13-25-10-9-18-11-17(16-5-6-16)7-8-21(18)25/h1-4,7-8,11-12,16H,5-6,9-10,13-14H2. The molecule has 0 unspecified atom stereocenters. The van der Waals surface area contributed by atoms with Gasteiger partial charge in [-0.15, -0.1) is 0 Å². The minimum atomic E-state index is -0.351. The van der Waals surface area contributed by atoms with Crippen LogP contribution in [0.3, 0.4) is 0 Å². The van der Waals surface area contributed by atoms with E-state index in [1.54, 1.807) is 24.3 Å². The molecular weight excluding hydrogens is 355 g/mol. The first kappa shape index (κ1) is 17.2. The number of halogens is 1. The SMILES string of the molecule is O=C1c2ccccc2C(=O)N1CC(=CF)CN1CCc2cc(C3CC3)ccc21. The summed E-state index contributed by atoms with van der Waals surface area (Å²) in [4.78, 5) is 28.4. The molecule has 0 N–H and O–H groups in total. The van der Waals surface area contributed by atoms with Gasteiger partial charge in [-0.2, -0.15) is 0 Å². The predicted octanol–water partition coefficient (Wildman–Crippen LogP) is 4.08. The number of rotatable bonds is 5. The maximum absolute atomic E-state index is 13.7. The number of imide groups is 1. The van der Waals surface area contributed by atoms with Crippen LogP contribution in [0.1, 0.15) is 50.6 Å². The van der Waals surface area contributed by atoms with Crippen molar-refractivity contribution < 1.29 is 14.0 Å². The van der Waals surface area contributed by atoms with E-state index in [0.717, 1.165) is 29.5 Å². The number of benzene rings is 2. The third-order valence-electron chi connectivity index (χ3n) is 5.93. The molecule has 2 heterocycles. The second-order valence-corrected chi connectivity index (χ2v) is 7.84. The Morgan fingerprint density at radius 1 is 1.04 bits per heavy atom. The third kappa shape index (κ3) is 2.82. The lowest BCUT2D eigenvalue weighted by molar-refractivity contribution is 0.0667. The Balaban J connectivity index is 1.31. The van der Waals surface area contributed by atoms with Crippen molar-refractivity contribution in [3.8, 4) is 0 Å². The van der Waals surface area contributed by atoms with E-state index in [9.17, 15) is 14.0 Å². The van der Waals surface area contributed by atoms with Crippen LogP contribution < -0.4 is 4.90 Å². The molecule has 3 aliphatic rings. The molecule has 1 aliphatic carbocycles. The van der Waals surface area contributed by atoms with Gasteiger partial charge < -0.3 is 4.90 Å². The maximum Gasteiger partial charge on any atom is 0.261 e. The van der Waals surface area contributed by atoms with Crippen molar-refractivity contribution >= 4 is 17.5 Å². The molecular formula is C23H21FN2O2. The molecule has 0 saturated heterocycles. The van der Waals surface area contributed by atoms with Gasteiger partial charge in [-0.1, -0.05) is 24.3 Å². The fraction of sp³-hybridized carbons (Fsp3) is 0.304. The minimum absolute atomic E-state index is 0.0190. The van der Waals surface area contributed by atoms with Crippen molar-refractivity contribution in [2.75, 3.05) is 24.5 Å². The van der Waals surface area contributed by atoms with Crippen LogP contribution in [0.4, 0.5) is 10.1 Å². The Morgan fingerprint density at radius 2 is 1.75 bits per heavy atom. The molecule has 4 nitrogen and oxygen atoms in total. The molecule has 1 fully saturated rings.